The van der Waals surface area contributed by atoms with E-state index >= 15 is 0 Å². The van der Waals surface area contributed by atoms with Gasteiger partial charge in [0.05, 0.1) is 16.3 Å². The maximum absolute atomic E-state index is 11.1. The minimum Gasteiger partial charge on any atom is -0.368 e. The first kappa shape index (κ1) is 22.5. The van der Waals surface area contributed by atoms with Gasteiger partial charge in [-0.2, -0.15) is 10.2 Å². The molecule has 0 heterocycles. The molecule has 2 amide bonds. The number of hydrogen-bond acceptors (Lipinski definition) is 7. The predicted molar refractivity (Wildman–Crippen MR) is 113 cm³/mol. The normalized spacial score (nSPS) is 10.6. The topological polar surface area (TPSA) is 129 Å². The van der Waals surface area contributed by atoms with Crippen molar-refractivity contribution in [3.8, 4) is 0 Å². The molecule has 10 heteroatoms. The van der Waals surface area contributed by atoms with E-state index in [1.54, 1.807) is 12.1 Å². The van der Waals surface area contributed by atoms with Crippen LogP contribution in [0.2, 0.25) is 0 Å². The van der Waals surface area contributed by atoms with E-state index in [2.05, 4.69) is 20.9 Å². The van der Waals surface area contributed by atoms with Gasteiger partial charge < -0.3 is 15.5 Å². The number of hydrogen-bond donors (Lipinski definition) is 2. The van der Waals surface area contributed by atoms with Crippen LogP contribution >= 0.6 is 0 Å². The lowest BCUT2D eigenvalue weighted by Crippen LogP contribution is -2.38. The van der Waals surface area contributed by atoms with Gasteiger partial charge in [-0.15, -0.1) is 0 Å². The summed E-state index contributed by atoms with van der Waals surface area (Å²) in [6.07, 6.45) is 0. The zero-order valence-electron chi connectivity index (χ0n) is 16.9. The Morgan fingerprint density at radius 2 is 1.30 bits per heavy atom. The number of nitrogens with zero attached hydrogens (tertiary/aromatic N) is 4. The number of benzene rings is 2. The van der Waals surface area contributed by atoms with Crippen molar-refractivity contribution in [2.24, 2.45) is 10.2 Å². The van der Waals surface area contributed by atoms with Crippen molar-refractivity contribution in [2.75, 3.05) is 31.1 Å². The van der Waals surface area contributed by atoms with Gasteiger partial charge in [-0.25, -0.2) is 0 Å². The molecule has 158 valence electrons. The van der Waals surface area contributed by atoms with Gasteiger partial charge in [0, 0.05) is 57.8 Å². The van der Waals surface area contributed by atoms with E-state index in [4.69, 9.17) is 0 Å². The standard InChI is InChI=1S/C20H24N6O4/c1-15(27)21-11-13-25(14-12-22-16(2)28)19-7-3-17(4-8-19)23-24-18-5-9-20(10-6-18)26(29)30/h3-10H,11-14H2,1-2H3,(H,21,27)(H,22,28). The Labute approximate surface area is 174 Å². The summed E-state index contributed by atoms with van der Waals surface area (Å²) in [5.41, 5.74) is 2.05. The fourth-order valence-corrected chi connectivity index (χ4v) is 2.59. The summed E-state index contributed by atoms with van der Waals surface area (Å²) in [7, 11) is 0. The fraction of sp³-hybridized carbons (Fsp3) is 0.300. The second-order valence-corrected chi connectivity index (χ2v) is 6.44. The van der Waals surface area contributed by atoms with Crippen LogP contribution in [0.15, 0.2) is 58.8 Å². The summed E-state index contributed by atoms with van der Waals surface area (Å²) in [4.78, 5) is 34.5. The van der Waals surface area contributed by atoms with Crippen LogP contribution in [-0.2, 0) is 9.59 Å². The Morgan fingerprint density at radius 3 is 1.70 bits per heavy atom. The van der Waals surface area contributed by atoms with E-state index in [9.17, 15) is 19.7 Å². The van der Waals surface area contributed by atoms with E-state index in [1.165, 1.54) is 38.1 Å². The third-order valence-corrected chi connectivity index (χ3v) is 4.07. The smallest absolute Gasteiger partial charge is 0.269 e. The van der Waals surface area contributed by atoms with Crippen molar-refractivity contribution in [3.63, 3.8) is 0 Å². The quantitative estimate of drug-likeness (QED) is 0.352. The van der Waals surface area contributed by atoms with Gasteiger partial charge in [-0.3, -0.25) is 19.7 Å². The number of nitro benzene ring substituents is 1. The molecule has 0 aliphatic rings. The maximum Gasteiger partial charge on any atom is 0.269 e. The highest BCUT2D eigenvalue weighted by atomic mass is 16.6. The Bertz CT molecular complexity index is 877. The minimum absolute atomic E-state index is 0.00285. The molecule has 2 aromatic carbocycles. The Morgan fingerprint density at radius 1 is 0.867 bits per heavy atom. The van der Waals surface area contributed by atoms with Crippen molar-refractivity contribution in [1.29, 1.82) is 0 Å². The number of anilines is 1. The largest absolute Gasteiger partial charge is 0.368 e. The first-order valence-electron chi connectivity index (χ1n) is 9.35. The summed E-state index contributed by atoms with van der Waals surface area (Å²) in [6, 6.07) is 13.2. The van der Waals surface area contributed by atoms with Gasteiger partial charge in [0.15, 0.2) is 0 Å². The van der Waals surface area contributed by atoms with Gasteiger partial charge in [-0.05, 0) is 36.4 Å². The van der Waals surface area contributed by atoms with Crippen LogP contribution in [0.4, 0.5) is 22.7 Å². The number of nitro groups is 1. The number of nitrogens with one attached hydrogen (secondary N) is 2. The number of rotatable bonds is 10. The van der Waals surface area contributed by atoms with Crippen LogP contribution in [0.5, 0.6) is 0 Å². The molecule has 2 aromatic rings. The Hall–Kier alpha value is -3.82. The maximum atomic E-state index is 11.1. The summed E-state index contributed by atoms with van der Waals surface area (Å²) >= 11 is 0. The van der Waals surface area contributed by atoms with Crippen LogP contribution in [-0.4, -0.2) is 42.9 Å². The first-order valence-corrected chi connectivity index (χ1v) is 9.35. The van der Waals surface area contributed by atoms with Crippen molar-refractivity contribution < 1.29 is 14.5 Å². The lowest BCUT2D eigenvalue weighted by atomic mass is 10.2. The molecule has 0 radical (unpaired) electrons. The van der Waals surface area contributed by atoms with Crippen molar-refractivity contribution >= 4 is 34.6 Å². The van der Waals surface area contributed by atoms with Crippen molar-refractivity contribution in [3.05, 3.63) is 58.6 Å². The Balaban J connectivity index is 2.03. The van der Waals surface area contributed by atoms with Crippen molar-refractivity contribution in [1.82, 2.24) is 10.6 Å². The van der Waals surface area contributed by atoms with Gasteiger partial charge in [0.1, 0.15) is 0 Å². The summed E-state index contributed by atoms with van der Waals surface area (Å²) in [5, 5.41) is 24.4. The number of non-ortho nitro benzene ring substituents is 1. The van der Waals surface area contributed by atoms with Crippen LogP contribution in [0, 0.1) is 10.1 Å². The van der Waals surface area contributed by atoms with Gasteiger partial charge >= 0.3 is 0 Å². The molecule has 0 aliphatic carbocycles. The third-order valence-electron chi connectivity index (χ3n) is 4.07. The molecule has 2 rings (SSSR count). The Kier molecular flexibility index (Phi) is 8.42. The fourth-order valence-electron chi connectivity index (χ4n) is 2.59. The second kappa shape index (κ2) is 11.2. The highest BCUT2D eigenvalue weighted by molar-refractivity contribution is 5.73. The van der Waals surface area contributed by atoms with Gasteiger partial charge in [-0.1, -0.05) is 0 Å². The van der Waals surface area contributed by atoms with Crippen LogP contribution in [0.1, 0.15) is 13.8 Å². The summed E-state index contributed by atoms with van der Waals surface area (Å²) < 4.78 is 0. The highest BCUT2D eigenvalue weighted by Gasteiger charge is 2.08. The second-order valence-electron chi connectivity index (χ2n) is 6.44. The average molecular weight is 412 g/mol. The van der Waals surface area contributed by atoms with E-state index < -0.39 is 4.92 Å². The van der Waals surface area contributed by atoms with Gasteiger partial charge in [0.25, 0.3) is 5.69 Å². The molecule has 0 aromatic heterocycles. The lowest BCUT2D eigenvalue weighted by molar-refractivity contribution is -0.384. The SMILES string of the molecule is CC(=O)NCCN(CCNC(C)=O)c1ccc(N=Nc2ccc([N+](=O)[O-])cc2)cc1. The number of azo groups is 1. The van der Waals surface area contributed by atoms with Crippen LogP contribution < -0.4 is 15.5 Å². The molecule has 0 bridgehead atoms. The van der Waals surface area contributed by atoms with Gasteiger partial charge in [0.2, 0.25) is 11.8 Å². The van der Waals surface area contributed by atoms with E-state index in [-0.39, 0.29) is 17.5 Å². The molecule has 2 N–H and O–H groups in total. The molecule has 0 atom stereocenters. The molecule has 0 unspecified atom stereocenters. The number of carbonyl (C=O) groups is 2. The molecule has 30 heavy (non-hydrogen) atoms. The van der Waals surface area contributed by atoms with E-state index in [0.717, 1.165) is 5.69 Å². The lowest BCUT2D eigenvalue weighted by Gasteiger charge is -2.25. The zero-order valence-corrected chi connectivity index (χ0v) is 16.9. The first-order chi connectivity index (χ1) is 14.3. The predicted octanol–water partition coefficient (Wildman–Crippen LogP) is 3.09. The molecule has 0 aliphatic heterocycles. The summed E-state index contributed by atoms with van der Waals surface area (Å²) in [6.45, 7) is 5.07. The average Bonchev–Trinajstić information content (AvgIpc) is 2.71. The molecular formula is C20H24N6O4. The molecule has 0 fully saturated rings. The van der Waals surface area contributed by atoms with E-state index in [1.807, 2.05) is 17.0 Å². The minimum atomic E-state index is -0.469. The molecule has 0 saturated carbocycles. The molecular weight excluding hydrogens is 388 g/mol. The van der Waals surface area contributed by atoms with Crippen LogP contribution in [0.25, 0.3) is 0 Å². The third kappa shape index (κ3) is 7.66. The van der Waals surface area contributed by atoms with E-state index in [0.29, 0.717) is 37.6 Å². The summed E-state index contributed by atoms with van der Waals surface area (Å²) in [5.74, 6) is -0.197. The number of amides is 2. The van der Waals surface area contributed by atoms with Crippen LogP contribution in [0.3, 0.4) is 0 Å². The highest BCUT2D eigenvalue weighted by Crippen LogP contribution is 2.23. The number of carbonyl (C=O) groups excluding carboxylic acids is 2. The monoisotopic (exact) mass is 412 g/mol. The zero-order chi connectivity index (χ0) is 21.9. The molecule has 10 nitrogen and oxygen atoms in total. The molecule has 0 spiro atoms. The van der Waals surface area contributed by atoms with Crippen molar-refractivity contribution in [2.45, 2.75) is 13.8 Å². The molecule has 0 saturated heterocycles.